The number of amides is 3. The van der Waals surface area contributed by atoms with Gasteiger partial charge in [-0.2, -0.15) is 0 Å². The van der Waals surface area contributed by atoms with Crippen LogP contribution in [-0.2, 0) is 9.59 Å². The van der Waals surface area contributed by atoms with Crippen LogP contribution in [0.25, 0.3) is 0 Å². The minimum atomic E-state index is -0.670. The minimum absolute atomic E-state index is 0.0284. The molecule has 0 atom stereocenters. The first-order valence-corrected chi connectivity index (χ1v) is 9.80. The Balaban J connectivity index is 1.88. The SMILES string of the molecule is COc1cc(C(=O)Nc2cc(N3CCCC3=O)ccc2Cl)cc(OC)c1OCC(N)=O. The van der Waals surface area contributed by atoms with Crippen molar-refractivity contribution in [2.24, 2.45) is 5.73 Å². The third kappa shape index (κ3) is 5.00. The molecule has 9 nitrogen and oxygen atoms in total. The van der Waals surface area contributed by atoms with Gasteiger partial charge in [-0.25, -0.2) is 0 Å². The molecule has 0 bridgehead atoms. The van der Waals surface area contributed by atoms with Gasteiger partial charge in [-0.1, -0.05) is 11.6 Å². The number of ether oxygens (including phenoxy) is 3. The first-order chi connectivity index (χ1) is 14.8. The molecule has 0 saturated carbocycles. The fourth-order valence-corrected chi connectivity index (χ4v) is 3.35. The van der Waals surface area contributed by atoms with Crippen LogP contribution in [-0.4, -0.2) is 45.1 Å². The molecule has 2 aromatic rings. The molecule has 1 fully saturated rings. The van der Waals surface area contributed by atoms with Crippen LogP contribution in [0.5, 0.6) is 17.2 Å². The van der Waals surface area contributed by atoms with Crippen molar-refractivity contribution in [3.05, 3.63) is 40.9 Å². The molecule has 164 valence electrons. The van der Waals surface area contributed by atoms with Crippen molar-refractivity contribution in [2.45, 2.75) is 12.8 Å². The summed E-state index contributed by atoms with van der Waals surface area (Å²) in [6.07, 6.45) is 1.28. The fraction of sp³-hybridized carbons (Fsp3) is 0.286. The predicted octanol–water partition coefficient (Wildman–Crippen LogP) is 2.60. The number of primary amides is 1. The topological polar surface area (TPSA) is 120 Å². The highest BCUT2D eigenvalue weighted by Gasteiger charge is 2.23. The molecular formula is C21H22ClN3O6. The van der Waals surface area contributed by atoms with Gasteiger partial charge in [0.15, 0.2) is 18.1 Å². The van der Waals surface area contributed by atoms with Crippen molar-refractivity contribution < 1.29 is 28.6 Å². The van der Waals surface area contributed by atoms with Crippen molar-refractivity contribution in [1.29, 1.82) is 0 Å². The summed E-state index contributed by atoms with van der Waals surface area (Å²) in [6, 6.07) is 7.90. The zero-order valence-corrected chi connectivity index (χ0v) is 17.8. The number of nitrogens with two attached hydrogens (primary N) is 1. The average Bonchev–Trinajstić information content (AvgIpc) is 3.18. The lowest BCUT2D eigenvalue weighted by molar-refractivity contribution is -0.120. The maximum atomic E-state index is 12.9. The van der Waals surface area contributed by atoms with Gasteiger partial charge in [-0.15, -0.1) is 0 Å². The standard InChI is InChI=1S/C21H22ClN3O6/c1-29-16-8-12(9-17(30-2)20(16)31-11-18(23)26)21(28)24-15-10-13(5-6-14(15)22)25-7-3-4-19(25)27/h5-6,8-10H,3-4,7,11H2,1-2H3,(H2,23,26)(H,24,28). The third-order valence-corrected chi connectivity index (χ3v) is 4.99. The molecule has 2 aromatic carbocycles. The highest BCUT2D eigenvalue weighted by Crippen LogP contribution is 2.39. The molecule has 0 unspecified atom stereocenters. The van der Waals surface area contributed by atoms with E-state index in [9.17, 15) is 14.4 Å². The Morgan fingerprint density at radius 2 is 1.84 bits per heavy atom. The Morgan fingerprint density at radius 3 is 2.39 bits per heavy atom. The van der Waals surface area contributed by atoms with E-state index in [0.717, 1.165) is 6.42 Å². The van der Waals surface area contributed by atoms with E-state index >= 15 is 0 Å². The van der Waals surface area contributed by atoms with Gasteiger partial charge in [-0.05, 0) is 36.8 Å². The number of nitrogens with one attached hydrogen (secondary N) is 1. The number of hydrogen-bond donors (Lipinski definition) is 2. The molecule has 1 heterocycles. The van der Waals surface area contributed by atoms with Crippen LogP contribution in [0.1, 0.15) is 23.2 Å². The number of methoxy groups -OCH3 is 2. The second kappa shape index (κ2) is 9.57. The fourth-order valence-electron chi connectivity index (χ4n) is 3.19. The van der Waals surface area contributed by atoms with E-state index < -0.39 is 11.8 Å². The predicted molar refractivity (Wildman–Crippen MR) is 115 cm³/mol. The Morgan fingerprint density at radius 1 is 1.16 bits per heavy atom. The second-order valence-electron chi connectivity index (χ2n) is 6.73. The summed E-state index contributed by atoms with van der Waals surface area (Å²) in [5.41, 5.74) is 6.35. The molecule has 31 heavy (non-hydrogen) atoms. The summed E-state index contributed by atoms with van der Waals surface area (Å²) in [6.45, 7) is 0.241. The number of hydrogen-bond acceptors (Lipinski definition) is 6. The van der Waals surface area contributed by atoms with Gasteiger partial charge in [-0.3, -0.25) is 14.4 Å². The molecule has 0 radical (unpaired) electrons. The Kier molecular flexibility index (Phi) is 6.86. The molecule has 3 rings (SSSR count). The molecule has 0 aromatic heterocycles. The highest BCUT2D eigenvalue weighted by molar-refractivity contribution is 6.34. The lowest BCUT2D eigenvalue weighted by atomic mass is 10.1. The van der Waals surface area contributed by atoms with Gasteiger partial charge < -0.3 is 30.2 Å². The number of benzene rings is 2. The molecule has 3 amide bonds. The van der Waals surface area contributed by atoms with Gasteiger partial charge in [0.2, 0.25) is 11.7 Å². The third-order valence-electron chi connectivity index (χ3n) is 4.66. The van der Waals surface area contributed by atoms with Crippen molar-refractivity contribution >= 4 is 40.7 Å². The van der Waals surface area contributed by atoms with Crippen molar-refractivity contribution in [1.82, 2.24) is 0 Å². The maximum absolute atomic E-state index is 12.9. The molecule has 1 aliphatic rings. The molecule has 0 spiro atoms. The summed E-state index contributed by atoms with van der Waals surface area (Å²) in [7, 11) is 2.78. The number of halogens is 1. The summed E-state index contributed by atoms with van der Waals surface area (Å²) in [5.74, 6) is -0.600. The zero-order valence-electron chi connectivity index (χ0n) is 17.1. The minimum Gasteiger partial charge on any atom is -0.493 e. The van der Waals surface area contributed by atoms with Gasteiger partial charge in [0.25, 0.3) is 11.8 Å². The molecule has 0 aliphatic carbocycles. The summed E-state index contributed by atoms with van der Waals surface area (Å²) < 4.78 is 15.9. The van der Waals surface area contributed by atoms with Gasteiger partial charge >= 0.3 is 0 Å². The zero-order chi connectivity index (χ0) is 22.5. The van der Waals surface area contributed by atoms with Crippen LogP contribution in [0, 0.1) is 0 Å². The van der Waals surface area contributed by atoms with E-state index in [4.69, 9.17) is 31.5 Å². The lowest BCUT2D eigenvalue weighted by Gasteiger charge is -2.18. The first kappa shape index (κ1) is 22.2. The number of nitrogens with zero attached hydrogens (tertiary/aromatic N) is 1. The van der Waals surface area contributed by atoms with Gasteiger partial charge in [0, 0.05) is 24.2 Å². The van der Waals surface area contributed by atoms with Crippen LogP contribution >= 0.6 is 11.6 Å². The van der Waals surface area contributed by atoms with Crippen LogP contribution in [0.3, 0.4) is 0 Å². The average molecular weight is 448 g/mol. The van der Waals surface area contributed by atoms with Gasteiger partial charge in [0.05, 0.1) is 24.9 Å². The van der Waals surface area contributed by atoms with Crippen LogP contribution in [0.2, 0.25) is 5.02 Å². The maximum Gasteiger partial charge on any atom is 0.255 e. The molecule has 1 aliphatic heterocycles. The summed E-state index contributed by atoms with van der Waals surface area (Å²) >= 11 is 6.25. The molecular weight excluding hydrogens is 426 g/mol. The molecule has 3 N–H and O–H groups in total. The number of rotatable bonds is 8. The van der Waals surface area contributed by atoms with E-state index in [-0.39, 0.29) is 35.3 Å². The Hall–Kier alpha value is -3.46. The molecule has 1 saturated heterocycles. The Bertz CT molecular complexity index is 1000. The molecule has 10 heteroatoms. The quantitative estimate of drug-likeness (QED) is 0.641. The van der Waals surface area contributed by atoms with Crippen molar-refractivity contribution in [3.63, 3.8) is 0 Å². The van der Waals surface area contributed by atoms with E-state index in [2.05, 4.69) is 5.32 Å². The first-order valence-electron chi connectivity index (χ1n) is 9.42. The largest absolute Gasteiger partial charge is 0.493 e. The van der Waals surface area contributed by atoms with Gasteiger partial charge in [0.1, 0.15) is 0 Å². The summed E-state index contributed by atoms with van der Waals surface area (Å²) in [5, 5.41) is 3.07. The van der Waals surface area contributed by atoms with Crippen LogP contribution in [0.15, 0.2) is 30.3 Å². The van der Waals surface area contributed by atoms with E-state index in [1.165, 1.54) is 26.4 Å². The van der Waals surface area contributed by atoms with E-state index in [1.54, 1.807) is 23.1 Å². The lowest BCUT2D eigenvalue weighted by Crippen LogP contribution is -2.24. The summed E-state index contributed by atoms with van der Waals surface area (Å²) in [4.78, 5) is 37.6. The number of anilines is 2. The monoisotopic (exact) mass is 447 g/mol. The van der Waals surface area contributed by atoms with E-state index in [0.29, 0.717) is 29.4 Å². The highest BCUT2D eigenvalue weighted by atomic mass is 35.5. The van der Waals surface area contributed by atoms with Crippen LogP contribution < -0.4 is 30.2 Å². The number of carbonyl (C=O) groups excluding carboxylic acids is 3. The van der Waals surface area contributed by atoms with E-state index in [1.807, 2.05) is 0 Å². The van der Waals surface area contributed by atoms with Crippen molar-refractivity contribution in [3.8, 4) is 17.2 Å². The van der Waals surface area contributed by atoms with Crippen molar-refractivity contribution in [2.75, 3.05) is 37.6 Å². The Labute approximate surface area is 184 Å². The van der Waals surface area contributed by atoms with Crippen LogP contribution in [0.4, 0.5) is 11.4 Å². The normalized spacial score (nSPS) is 13.1. The smallest absolute Gasteiger partial charge is 0.255 e. The number of carbonyl (C=O) groups is 3. The second-order valence-corrected chi connectivity index (χ2v) is 7.14.